The number of ether oxygens (including phenoxy) is 1. The van der Waals surface area contributed by atoms with Crippen molar-refractivity contribution in [2.24, 2.45) is 0 Å². The molecule has 0 fully saturated rings. The number of carbonyl (C=O) groups excluding carboxylic acids is 2. The number of hydrogen-bond acceptors (Lipinski definition) is 11. The number of nitrogens with zero attached hydrogens (tertiary/aromatic N) is 2. The van der Waals surface area contributed by atoms with Crippen molar-refractivity contribution < 1.29 is 73.7 Å². The zero-order valence-electron chi connectivity index (χ0n) is 16.4. The van der Waals surface area contributed by atoms with Gasteiger partial charge < -0.3 is 35.4 Å². The van der Waals surface area contributed by atoms with Gasteiger partial charge in [0.1, 0.15) is 0 Å². The van der Waals surface area contributed by atoms with Gasteiger partial charge in [0.15, 0.2) is 22.8 Å². The van der Waals surface area contributed by atoms with E-state index in [0.717, 1.165) is 0 Å². The van der Waals surface area contributed by atoms with Crippen molar-refractivity contribution in [3.63, 3.8) is 0 Å². The van der Waals surface area contributed by atoms with Crippen LogP contribution in [0.1, 0.15) is 83.4 Å². The van der Waals surface area contributed by atoms with Gasteiger partial charge in [-0.25, -0.2) is 48.3 Å². The molecular formula is C18H8N2O15. The fourth-order valence-electron chi connectivity index (χ4n) is 2.50. The molecule has 0 aliphatic carbocycles. The molecule has 2 aromatic rings. The number of aromatic nitrogens is 2. The Bertz CT molecular complexity index is 1270. The molecule has 6 N–H and O–H groups in total. The van der Waals surface area contributed by atoms with Crippen LogP contribution in [-0.4, -0.2) is 88.4 Å². The normalized spacial score (nSPS) is 10.2. The second-order valence-corrected chi connectivity index (χ2v) is 6.07. The fraction of sp³-hybridized carbons (Fsp3) is 0. The molecule has 180 valence electrons. The number of rotatable bonds is 8. The van der Waals surface area contributed by atoms with Crippen LogP contribution in [0.25, 0.3) is 0 Å². The smallest absolute Gasteiger partial charge is 0.365 e. The molecule has 35 heavy (non-hydrogen) atoms. The summed E-state index contributed by atoms with van der Waals surface area (Å²) in [5.74, 6) is -15.9. The molecule has 0 unspecified atom stereocenters. The Morgan fingerprint density at radius 1 is 0.457 bits per heavy atom. The van der Waals surface area contributed by atoms with Crippen LogP contribution in [0.3, 0.4) is 0 Å². The zero-order valence-corrected chi connectivity index (χ0v) is 16.4. The maximum atomic E-state index is 12.4. The Balaban J connectivity index is 2.66. The van der Waals surface area contributed by atoms with Crippen molar-refractivity contribution in [3.05, 3.63) is 57.2 Å². The number of pyridine rings is 2. The molecule has 0 aliphatic heterocycles. The average Bonchev–Trinajstić information content (AvgIpc) is 2.76. The molecule has 0 saturated carbocycles. The molecule has 0 aromatic carbocycles. The molecule has 0 spiro atoms. The van der Waals surface area contributed by atoms with Gasteiger partial charge in [-0.1, -0.05) is 0 Å². The van der Waals surface area contributed by atoms with E-state index < -0.39 is 92.8 Å². The molecule has 2 aromatic heterocycles. The van der Waals surface area contributed by atoms with E-state index in [4.69, 9.17) is 20.4 Å². The maximum absolute atomic E-state index is 12.4. The fourth-order valence-corrected chi connectivity index (χ4v) is 2.50. The second-order valence-electron chi connectivity index (χ2n) is 6.07. The van der Waals surface area contributed by atoms with Crippen LogP contribution in [0.4, 0.5) is 0 Å². The lowest BCUT2D eigenvalue weighted by atomic mass is 10.1. The molecule has 2 heterocycles. The lowest BCUT2D eigenvalue weighted by molar-refractivity contribution is 0.0376. The third-order valence-corrected chi connectivity index (χ3v) is 3.94. The highest BCUT2D eigenvalue weighted by atomic mass is 16.6. The van der Waals surface area contributed by atoms with Gasteiger partial charge in [0.2, 0.25) is 0 Å². The van der Waals surface area contributed by atoms with Gasteiger partial charge >= 0.3 is 47.8 Å². The van der Waals surface area contributed by atoms with Crippen LogP contribution in [0.15, 0.2) is 12.1 Å². The van der Waals surface area contributed by atoms with Crippen molar-refractivity contribution in [1.29, 1.82) is 0 Å². The minimum absolute atomic E-state index is 0.243. The first-order valence-corrected chi connectivity index (χ1v) is 8.43. The van der Waals surface area contributed by atoms with Crippen LogP contribution < -0.4 is 0 Å². The first kappa shape index (κ1) is 25.5. The van der Waals surface area contributed by atoms with Crippen molar-refractivity contribution >= 4 is 47.8 Å². The third-order valence-electron chi connectivity index (χ3n) is 3.94. The number of hydrogen-bond donors (Lipinski definition) is 6. The van der Waals surface area contributed by atoms with E-state index in [0.29, 0.717) is 0 Å². The van der Waals surface area contributed by atoms with E-state index >= 15 is 0 Å². The zero-order chi connectivity index (χ0) is 26.8. The highest BCUT2D eigenvalue weighted by molar-refractivity contribution is 6.12. The van der Waals surface area contributed by atoms with E-state index in [1.165, 1.54) is 0 Å². The summed E-state index contributed by atoms with van der Waals surface area (Å²) >= 11 is 0. The molecule has 0 radical (unpaired) electrons. The van der Waals surface area contributed by atoms with Gasteiger partial charge in [0, 0.05) is 0 Å². The summed E-state index contributed by atoms with van der Waals surface area (Å²) in [6.45, 7) is 0. The quantitative estimate of drug-likeness (QED) is 0.203. The number of aromatic carboxylic acids is 6. The predicted octanol–water partition coefficient (Wildman–Crippen LogP) is -0.337. The summed E-state index contributed by atoms with van der Waals surface area (Å²) < 4.78 is 4.26. The van der Waals surface area contributed by atoms with E-state index in [2.05, 4.69) is 14.7 Å². The first-order chi connectivity index (χ1) is 16.2. The predicted molar refractivity (Wildman–Crippen MR) is 100.0 cm³/mol. The van der Waals surface area contributed by atoms with E-state index in [1.54, 1.807) is 0 Å². The molecular weight excluding hydrogens is 484 g/mol. The van der Waals surface area contributed by atoms with Gasteiger partial charge in [-0.15, -0.1) is 0 Å². The lowest BCUT2D eigenvalue weighted by Crippen LogP contribution is -2.24. The highest BCUT2D eigenvalue weighted by Crippen LogP contribution is 2.19. The number of carbonyl (C=O) groups is 8. The van der Waals surface area contributed by atoms with E-state index in [-0.39, 0.29) is 12.1 Å². The molecule has 0 aliphatic rings. The molecule has 0 atom stereocenters. The minimum Gasteiger partial charge on any atom is -0.478 e. The maximum Gasteiger partial charge on any atom is 0.365 e. The summed E-state index contributed by atoms with van der Waals surface area (Å²) in [7, 11) is 0. The molecule has 2 rings (SSSR count). The molecule has 0 amide bonds. The van der Waals surface area contributed by atoms with Gasteiger partial charge in [-0.05, 0) is 12.1 Å². The van der Waals surface area contributed by atoms with Crippen molar-refractivity contribution in [3.8, 4) is 0 Å². The Kier molecular flexibility index (Phi) is 6.86. The monoisotopic (exact) mass is 492 g/mol. The highest BCUT2D eigenvalue weighted by Gasteiger charge is 2.32. The number of esters is 2. The molecule has 0 saturated heterocycles. The summed E-state index contributed by atoms with van der Waals surface area (Å²) in [6, 6.07) is 0.487. The number of carboxylic acid groups (broad SMARTS) is 6. The van der Waals surface area contributed by atoms with Gasteiger partial charge in [-0.2, -0.15) is 0 Å². The Morgan fingerprint density at radius 3 is 0.943 bits per heavy atom. The lowest BCUT2D eigenvalue weighted by Gasteiger charge is -2.10. The van der Waals surface area contributed by atoms with Crippen LogP contribution >= 0.6 is 0 Å². The minimum atomic E-state index is -2.01. The van der Waals surface area contributed by atoms with Crippen LogP contribution in [0, 0.1) is 0 Å². The van der Waals surface area contributed by atoms with Crippen LogP contribution in [0.2, 0.25) is 0 Å². The molecule has 0 bridgehead atoms. The standard InChI is InChI=1S/C18H8N2O15/c21-11(22)3-1-5(13(25)26)9(19-7(3)15(29)30)17(33)35-18(34)10-6(14(27)28)2-4(12(23)24)8(20-10)16(31)32/h1-2H,(H,21,22)(H,23,24)(H,25,26)(H,27,28)(H,29,30)(H,31,32). The summed E-state index contributed by atoms with van der Waals surface area (Å²) in [4.78, 5) is 98.7. The van der Waals surface area contributed by atoms with Gasteiger partial charge in [0.25, 0.3) is 0 Å². The first-order valence-electron chi connectivity index (χ1n) is 8.43. The van der Waals surface area contributed by atoms with Crippen molar-refractivity contribution in [2.45, 2.75) is 0 Å². The van der Waals surface area contributed by atoms with Crippen molar-refractivity contribution in [2.75, 3.05) is 0 Å². The summed E-state index contributed by atoms with van der Waals surface area (Å²) in [5, 5.41) is 54.7. The van der Waals surface area contributed by atoms with Gasteiger partial charge in [-0.3, -0.25) is 0 Å². The molecule has 17 heteroatoms. The Hall–Kier alpha value is -5.74. The largest absolute Gasteiger partial charge is 0.478 e. The van der Waals surface area contributed by atoms with E-state index in [9.17, 15) is 48.6 Å². The SMILES string of the molecule is O=C(O)c1cc(C(=O)O)c(C(=O)OC(=O)c2nc(C(=O)O)c(C(=O)O)cc2C(=O)O)nc1C(=O)O. The van der Waals surface area contributed by atoms with Crippen molar-refractivity contribution in [1.82, 2.24) is 9.97 Å². The topological polar surface area (TPSA) is 293 Å². The Morgan fingerprint density at radius 2 is 0.714 bits per heavy atom. The third kappa shape index (κ3) is 5.03. The van der Waals surface area contributed by atoms with Crippen LogP contribution in [0.5, 0.6) is 0 Å². The van der Waals surface area contributed by atoms with E-state index in [1.807, 2.05) is 0 Å². The van der Waals surface area contributed by atoms with Gasteiger partial charge in [0.05, 0.1) is 22.3 Å². The second kappa shape index (κ2) is 9.40. The Labute approximate surface area is 189 Å². The molecule has 17 nitrogen and oxygen atoms in total. The summed E-state index contributed by atoms with van der Waals surface area (Å²) in [5.41, 5.74) is -10.1. The van der Waals surface area contributed by atoms with Crippen LogP contribution in [-0.2, 0) is 4.74 Å². The summed E-state index contributed by atoms with van der Waals surface area (Å²) in [6.07, 6.45) is 0. The average molecular weight is 492 g/mol. The number of carboxylic acids is 6.